The summed E-state index contributed by atoms with van der Waals surface area (Å²) in [6.07, 6.45) is 1.09. The Kier molecular flexibility index (Phi) is 6.85. The molecule has 2 atom stereocenters. The fourth-order valence-corrected chi connectivity index (χ4v) is 3.11. The number of methoxy groups -OCH3 is 1. The molecule has 1 amide bonds. The maximum Gasteiger partial charge on any atom is 0.241 e. The van der Waals surface area contributed by atoms with Crippen LogP contribution >= 0.6 is 12.4 Å². The van der Waals surface area contributed by atoms with Gasteiger partial charge in [0.25, 0.3) is 0 Å². The molecular weight excluding hydrogens is 340 g/mol. The molecule has 1 aromatic rings. The molecule has 1 saturated heterocycles. The van der Waals surface area contributed by atoms with E-state index < -0.39 is 15.1 Å². The van der Waals surface area contributed by atoms with Crippen molar-refractivity contribution in [2.45, 2.75) is 18.2 Å². The van der Waals surface area contributed by atoms with Gasteiger partial charge in [0.05, 0.1) is 13.2 Å². The minimum atomic E-state index is -3.42. The zero-order valence-electron chi connectivity index (χ0n) is 13.5. The summed E-state index contributed by atoms with van der Waals surface area (Å²) in [7, 11) is -1.83. The lowest BCUT2D eigenvalue weighted by Gasteiger charge is -2.38. The number of carbonyl (C=O) groups is 1. The van der Waals surface area contributed by atoms with Crippen molar-refractivity contribution in [3.63, 3.8) is 0 Å². The second-order valence-electron chi connectivity index (χ2n) is 5.47. The Morgan fingerprint density at radius 3 is 2.65 bits per heavy atom. The van der Waals surface area contributed by atoms with Gasteiger partial charge in [-0.3, -0.25) is 4.79 Å². The van der Waals surface area contributed by atoms with Crippen LogP contribution in [0.15, 0.2) is 24.3 Å². The van der Waals surface area contributed by atoms with Crippen LogP contribution in [0.1, 0.15) is 18.5 Å². The number of rotatable bonds is 4. The monoisotopic (exact) mass is 362 g/mol. The molecule has 8 heteroatoms. The molecule has 0 aliphatic carbocycles. The molecule has 0 saturated carbocycles. The van der Waals surface area contributed by atoms with E-state index in [2.05, 4.69) is 5.32 Å². The molecule has 1 N–H and O–H groups in total. The number of nitrogens with zero attached hydrogens (tertiary/aromatic N) is 1. The van der Waals surface area contributed by atoms with E-state index >= 15 is 0 Å². The van der Waals surface area contributed by atoms with Gasteiger partial charge in [-0.15, -0.1) is 12.4 Å². The first kappa shape index (κ1) is 19.7. The number of hydrogen-bond acceptors (Lipinski definition) is 5. The van der Waals surface area contributed by atoms with Crippen molar-refractivity contribution >= 4 is 28.2 Å². The quantitative estimate of drug-likeness (QED) is 0.865. The van der Waals surface area contributed by atoms with Crippen LogP contribution in [-0.4, -0.2) is 57.5 Å². The molecule has 1 aliphatic rings. The number of amides is 1. The first-order chi connectivity index (χ1) is 10.4. The van der Waals surface area contributed by atoms with E-state index in [9.17, 15) is 13.2 Å². The van der Waals surface area contributed by atoms with Crippen LogP contribution in [0.25, 0.3) is 0 Å². The third kappa shape index (κ3) is 4.37. The van der Waals surface area contributed by atoms with Gasteiger partial charge in [-0.05, 0) is 13.0 Å². The topological polar surface area (TPSA) is 75.7 Å². The average molecular weight is 363 g/mol. The maximum atomic E-state index is 12.6. The lowest BCUT2D eigenvalue weighted by molar-refractivity contribution is -0.133. The Morgan fingerprint density at radius 2 is 2.04 bits per heavy atom. The fraction of sp³-hybridized carbons (Fsp3) is 0.533. The van der Waals surface area contributed by atoms with Gasteiger partial charge in [-0.25, -0.2) is 8.42 Å². The molecule has 0 aromatic heterocycles. The number of carbonyl (C=O) groups excluding carboxylic acids is 1. The minimum absolute atomic E-state index is 0. The van der Waals surface area contributed by atoms with Gasteiger partial charge in [0.15, 0.2) is 9.84 Å². The SMILES string of the molecule is COc1ccccc1C1CNCCN1C(=O)C(C)S(C)(=O)=O.Cl. The highest BCUT2D eigenvalue weighted by Crippen LogP contribution is 2.30. The predicted molar refractivity (Wildman–Crippen MR) is 91.9 cm³/mol. The molecule has 6 nitrogen and oxygen atoms in total. The number of benzene rings is 1. The van der Waals surface area contributed by atoms with E-state index in [0.717, 1.165) is 11.8 Å². The summed E-state index contributed by atoms with van der Waals surface area (Å²) in [5.41, 5.74) is 0.881. The van der Waals surface area contributed by atoms with Crippen LogP contribution in [0.3, 0.4) is 0 Å². The first-order valence-electron chi connectivity index (χ1n) is 7.19. The lowest BCUT2D eigenvalue weighted by Crippen LogP contribution is -2.52. The third-order valence-corrected chi connectivity index (χ3v) is 5.50. The Morgan fingerprint density at radius 1 is 1.39 bits per heavy atom. The molecule has 0 spiro atoms. The van der Waals surface area contributed by atoms with Crippen molar-refractivity contribution in [1.82, 2.24) is 10.2 Å². The zero-order valence-corrected chi connectivity index (χ0v) is 15.1. The van der Waals surface area contributed by atoms with E-state index in [0.29, 0.717) is 25.4 Å². The molecule has 0 radical (unpaired) electrons. The van der Waals surface area contributed by atoms with Gasteiger partial charge in [0, 0.05) is 31.5 Å². The average Bonchev–Trinajstić information content (AvgIpc) is 2.52. The molecule has 1 aliphatic heterocycles. The van der Waals surface area contributed by atoms with Gasteiger partial charge in [-0.1, -0.05) is 18.2 Å². The van der Waals surface area contributed by atoms with Crippen molar-refractivity contribution in [1.29, 1.82) is 0 Å². The zero-order chi connectivity index (χ0) is 16.3. The molecule has 2 rings (SSSR count). The van der Waals surface area contributed by atoms with Gasteiger partial charge in [-0.2, -0.15) is 0 Å². The van der Waals surface area contributed by atoms with Gasteiger partial charge < -0.3 is 15.0 Å². The number of para-hydroxylation sites is 1. The highest BCUT2D eigenvalue weighted by molar-refractivity contribution is 7.92. The molecule has 1 heterocycles. The Bertz CT molecular complexity index is 651. The first-order valence-corrected chi connectivity index (χ1v) is 9.14. The van der Waals surface area contributed by atoms with Crippen molar-refractivity contribution in [3.8, 4) is 5.75 Å². The largest absolute Gasteiger partial charge is 0.496 e. The number of sulfone groups is 1. The Labute approximate surface area is 143 Å². The van der Waals surface area contributed by atoms with Crippen LogP contribution < -0.4 is 10.1 Å². The van der Waals surface area contributed by atoms with Crippen molar-refractivity contribution < 1.29 is 17.9 Å². The summed E-state index contributed by atoms with van der Waals surface area (Å²) in [6, 6.07) is 7.26. The molecule has 1 aromatic carbocycles. The van der Waals surface area contributed by atoms with Crippen LogP contribution in [0, 0.1) is 0 Å². The summed E-state index contributed by atoms with van der Waals surface area (Å²) < 4.78 is 28.8. The molecule has 2 unspecified atom stereocenters. The standard InChI is InChI=1S/C15H22N2O4S.ClH/c1-11(22(3,19)20)15(18)17-9-8-16-10-13(17)12-6-4-5-7-14(12)21-2;/h4-7,11,13,16H,8-10H2,1-3H3;1H. The third-order valence-electron chi connectivity index (χ3n) is 4.01. The van der Waals surface area contributed by atoms with Crippen molar-refractivity contribution in [2.75, 3.05) is 33.0 Å². The van der Waals surface area contributed by atoms with E-state index in [-0.39, 0.29) is 24.4 Å². The van der Waals surface area contributed by atoms with E-state index in [1.54, 1.807) is 12.0 Å². The second kappa shape index (κ2) is 7.99. The predicted octanol–water partition coefficient (Wildman–Crippen LogP) is 1.02. The van der Waals surface area contributed by atoms with Crippen molar-refractivity contribution in [3.05, 3.63) is 29.8 Å². The molecule has 1 fully saturated rings. The fourth-order valence-electron chi connectivity index (χ4n) is 2.60. The van der Waals surface area contributed by atoms with E-state index in [1.165, 1.54) is 6.92 Å². The maximum absolute atomic E-state index is 12.6. The number of ether oxygens (including phenoxy) is 1. The summed E-state index contributed by atoms with van der Waals surface area (Å²) in [6.45, 7) is 3.14. The highest BCUT2D eigenvalue weighted by atomic mass is 35.5. The van der Waals surface area contributed by atoms with Gasteiger partial charge in [0.1, 0.15) is 11.0 Å². The summed E-state index contributed by atoms with van der Waals surface area (Å²) in [4.78, 5) is 14.2. The normalized spacial score (nSPS) is 19.6. The highest BCUT2D eigenvalue weighted by Gasteiger charge is 2.35. The van der Waals surface area contributed by atoms with E-state index in [1.807, 2.05) is 24.3 Å². The molecular formula is C15H23ClN2O4S. The van der Waals surface area contributed by atoms with Crippen molar-refractivity contribution in [2.24, 2.45) is 0 Å². The van der Waals surface area contributed by atoms with Crippen LogP contribution in [0.2, 0.25) is 0 Å². The van der Waals surface area contributed by atoms with Gasteiger partial charge in [0.2, 0.25) is 5.91 Å². The summed E-state index contributed by atoms with van der Waals surface area (Å²) >= 11 is 0. The number of hydrogen-bond donors (Lipinski definition) is 1. The lowest BCUT2D eigenvalue weighted by atomic mass is 10.0. The summed E-state index contributed by atoms with van der Waals surface area (Å²) in [5, 5.41) is 2.21. The Balaban J connectivity index is 0.00000264. The van der Waals surface area contributed by atoms with E-state index in [4.69, 9.17) is 4.74 Å². The van der Waals surface area contributed by atoms with Gasteiger partial charge >= 0.3 is 0 Å². The number of nitrogens with one attached hydrogen (secondary N) is 1. The van der Waals surface area contributed by atoms with Crippen LogP contribution in [0.5, 0.6) is 5.75 Å². The smallest absolute Gasteiger partial charge is 0.241 e. The number of piperazine rings is 1. The molecule has 23 heavy (non-hydrogen) atoms. The van der Waals surface area contributed by atoms with Crippen LogP contribution in [-0.2, 0) is 14.6 Å². The second-order valence-corrected chi connectivity index (χ2v) is 7.83. The molecule has 130 valence electrons. The number of halogens is 1. The summed E-state index contributed by atoms with van der Waals surface area (Å²) in [5.74, 6) is 0.334. The minimum Gasteiger partial charge on any atom is -0.496 e. The Hall–Kier alpha value is -1.31. The van der Waals surface area contributed by atoms with Crippen LogP contribution in [0.4, 0.5) is 0 Å². The molecule has 0 bridgehead atoms.